The summed E-state index contributed by atoms with van der Waals surface area (Å²) < 4.78 is 3.70. The Morgan fingerprint density at radius 3 is 3.08 bits per heavy atom. The SMILES string of the molecule is Cc1nnsc1C(=O)N1CCCO1. The van der Waals surface area contributed by atoms with Crippen LogP contribution in [0.25, 0.3) is 0 Å². The molecule has 1 aromatic rings. The predicted molar refractivity (Wildman–Crippen MR) is 46.3 cm³/mol. The average molecular weight is 199 g/mol. The summed E-state index contributed by atoms with van der Waals surface area (Å²) in [5.74, 6) is -0.120. The monoisotopic (exact) mass is 199 g/mol. The Morgan fingerprint density at radius 1 is 1.69 bits per heavy atom. The Labute approximate surface area is 79.4 Å². The van der Waals surface area contributed by atoms with Crippen LogP contribution in [-0.2, 0) is 4.84 Å². The fourth-order valence-corrected chi connectivity index (χ4v) is 1.75. The summed E-state index contributed by atoms with van der Waals surface area (Å²) in [4.78, 5) is 17.4. The van der Waals surface area contributed by atoms with E-state index in [-0.39, 0.29) is 5.91 Å². The Balaban J connectivity index is 2.17. The van der Waals surface area contributed by atoms with Crippen molar-refractivity contribution in [2.24, 2.45) is 0 Å². The Hall–Kier alpha value is -1.01. The topological polar surface area (TPSA) is 55.3 Å². The van der Waals surface area contributed by atoms with Crippen molar-refractivity contribution in [2.45, 2.75) is 13.3 Å². The van der Waals surface area contributed by atoms with Gasteiger partial charge in [0.1, 0.15) is 4.88 Å². The maximum atomic E-state index is 11.7. The molecule has 2 rings (SSSR count). The summed E-state index contributed by atoms with van der Waals surface area (Å²) >= 11 is 1.11. The van der Waals surface area contributed by atoms with Crippen molar-refractivity contribution in [1.29, 1.82) is 0 Å². The summed E-state index contributed by atoms with van der Waals surface area (Å²) in [5, 5.41) is 5.15. The first kappa shape index (κ1) is 8.58. The van der Waals surface area contributed by atoms with Crippen LogP contribution in [0, 0.1) is 6.92 Å². The van der Waals surface area contributed by atoms with Crippen molar-refractivity contribution in [1.82, 2.24) is 14.7 Å². The molecule has 2 heterocycles. The molecule has 1 aliphatic heterocycles. The normalized spacial score (nSPS) is 16.5. The largest absolute Gasteiger partial charge is 0.291 e. The van der Waals surface area contributed by atoms with E-state index in [1.54, 1.807) is 6.92 Å². The van der Waals surface area contributed by atoms with Crippen molar-refractivity contribution >= 4 is 17.4 Å². The van der Waals surface area contributed by atoms with Crippen LogP contribution in [0.15, 0.2) is 0 Å². The lowest BCUT2D eigenvalue weighted by Crippen LogP contribution is -2.26. The van der Waals surface area contributed by atoms with E-state index in [4.69, 9.17) is 4.84 Å². The fourth-order valence-electron chi connectivity index (χ4n) is 1.15. The molecular weight excluding hydrogens is 190 g/mol. The maximum Gasteiger partial charge on any atom is 0.291 e. The minimum absolute atomic E-state index is 0.120. The number of hydroxylamine groups is 2. The second kappa shape index (κ2) is 3.39. The molecule has 0 spiro atoms. The minimum atomic E-state index is -0.120. The second-order valence-electron chi connectivity index (χ2n) is 2.78. The quantitative estimate of drug-likeness (QED) is 0.665. The average Bonchev–Trinajstić information content (AvgIpc) is 2.72. The Kier molecular flexibility index (Phi) is 2.24. The van der Waals surface area contributed by atoms with Crippen LogP contribution in [0.5, 0.6) is 0 Å². The van der Waals surface area contributed by atoms with Crippen LogP contribution < -0.4 is 0 Å². The molecule has 0 aromatic carbocycles. The summed E-state index contributed by atoms with van der Waals surface area (Å²) in [5.41, 5.74) is 0.672. The number of carbonyl (C=O) groups is 1. The van der Waals surface area contributed by atoms with Gasteiger partial charge < -0.3 is 0 Å². The molecule has 70 valence electrons. The maximum absolute atomic E-state index is 11.7. The van der Waals surface area contributed by atoms with Crippen molar-refractivity contribution in [3.8, 4) is 0 Å². The standard InChI is InChI=1S/C7H9N3O2S/c1-5-6(13-9-8-5)7(11)10-3-2-4-12-10/h2-4H2,1H3. The van der Waals surface area contributed by atoms with Gasteiger partial charge in [0.2, 0.25) is 0 Å². The second-order valence-corrected chi connectivity index (χ2v) is 3.54. The van der Waals surface area contributed by atoms with Gasteiger partial charge in [-0.3, -0.25) is 9.63 Å². The predicted octanol–water partition coefficient (Wildman–Crippen LogP) is 0.624. The van der Waals surface area contributed by atoms with Crippen molar-refractivity contribution in [3.05, 3.63) is 10.6 Å². The summed E-state index contributed by atoms with van der Waals surface area (Å²) in [6, 6.07) is 0. The van der Waals surface area contributed by atoms with Gasteiger partial charge in [-0.25, -0.2) is 5.06 Å². The van der Waals surface area contributed by atoms with Crippen molar-refractivity contribution in [3.63, 3.8) is 0 Å². The number of amides is 1. The number of aromatic nitrogens is 2. The van der Waals surface area contributed by atoms with E-state index in [1.807, 2.05) is 0 Å². The lowest BCUT2D eigenvalue weighted by atomic mass is 10.3. The molecule has 0 bridgehead atoms. The highest BCUT2D eigenvalue weighted by Gasteiger charge is 2.24. The zero-order valence-electron chi connectivity index (χ0n) is 7.19. The molecule has 0 N–H and O–H groups in total. The van der Waals surface area contributed by atoms with Gasteiger partial charge in [0.25, 0.3) is 5.91 Å². The number of hydrogen-bond donors (Lipinski definition) is 0. The fraction of sp³-hybridized carbons (Fsp3) is 0.571. The van der Waals surface area contributed by atoms with Crippen LogP contribution in [-0.4, -0.2) is 33.7 Å². The Bertz CT molecular complexity index is 319. The zero-order valence-corrected chi connectivity index (χ0v) is 8.00. The van der Waals surface area contributed by atoms with Gasteiger partial charge in [-0.15, -0.1) is 5.10 Å². The molecule has 1 fully saturated rings. The third kappa shape index (κ3) is 1.54. The molecule has 0 atom stereocenters. The van der Waals surface area contributed by atoms with Gasteiger partial charge >= 0.3 is 0 Å². The Morgan fingerprint density at radius 2 is 2.54 bits per heavy atom. The first-order valence-electron chi connectivity index (χ1n) is 4.03. The smallest absolute Gasteiger partial charge is 0.271 e. The number of nitrogens with zero attached hydrogens (tertiary/aromatic N) is 3. The first-order valence-corrected chi connectivity index (χ1v) is 4.80. The minimum Gasteiger partial charge on any atom is -0.271 e. The van der Waals surface area contributed by atoms with E-state index in [1.165, 1.54) is 5.06 Å². The zero-order chi connectivity index (χ0) is 9.26. The number of aryl methyl sites for hydroxylation is 1. The van der Waals surface area contributed by atoms with Gasteiger partial charge in [0, 0.05) is 0 Å². The highest BCUT2D eigenvalue weighted by molar-refractivity contribution is 7.07. The lowest BCUT2D eigenvalue weighted by molar-refractivity contribution is -0.0765. The van der Waals surface area contributed by atoms with E-state index in [0.717, 1.165) is 18.0 Å². The third-order valence-corrected chi connectivity index (χ3v) is 2.64. The van der Waals surface area contributed by atoms with E-state index >= 15 is 0 Å². The highest BCUT2D eigenvalue weighted by atomic mass is 32.1. The molecule has 13 heavy (non-hydrogen) atoms. The number of rotatable bonds is 1. The first-order chi connectivity index (χ1) is 6.29. The molecule has 0 saturated carbocycles. The van der Waals surface area contributed by atoms with Gasteiger partial charge in [-0.05, 0) is 24.9 Å². The van der Waals surface area contributed by atoms with Crippen LogP contribution >= 0.6 is 11.5 Å². The van der Waals surface area contributed by atoms with Gasteiger partial charge in [0.05, 0.1) is 18.8 Å². The van der Waals surface area contributed by atoms with Gasteiger partial charge in [-0.1, -0.05) is 4.49 Å². The van der Waals surface area contributed by atoms with Crippen molar-refractivity contribution < 1.29 is 9.63 Å². The number of carbonyl (C=O) groups excluding carboxylic acids is 1. The van der Waals surface area contributed by atoms with E-state index < -0.39 is 0 Å². The summed E-state index contributed by atoms with van der Waals surface area (Å²) in [7, 11) is 0. The van der Waals surface area contributed by atoms with Gasteiger partial charge in [0.15, 0.2) is 0 Å². The van der Waals surface area contributed by atoms with Gasteiger partial charge in [-0.2, -0.15) is 0 Å². The molecule has 1 amide bonds. The highest BCUT2D eigenvalue weighted by Crippen LogP contribution is 2.15. The molecule has 1 aliphatic rings. The summed E-state index contributed by atoms with van der Waals surface area (Å²) in [6.07, 6.45) is 0.900. The van der Waals surface area contributed by atoms with Crippen LogP contribution in [0.3, 0.4) is 0 Å². The molecule has 1 aromatic heterocycles. The molecule has 6 heteroatoms. The van der Waals surface area contributed by atoms with Crippen molar-refractivity contribution in [2.75, 3.05) is 13.2 Å². The summed E-state index contributed by atoms with van der Waals surface area (Å²) in [6.45, 7) is 3.06. The molecule has 5 nitrogen and oxygen atoms in total. The molecule has 0 radical (unpaired) electrons. The van der Waals surface area contributed by atoms with E-state index in [9.17, 15) is 4.79 Å². The number of hydrogen-bond acceptors (Lipinski definition) is 5. The molecule has 0 aliphatic carbocycles. The van der Waals surface area contributed by atoms with E-state index in [0.29, 0.717) is 23.7 Å². The lowest BCUT2D eigenvalue weighted by Gasteiger charge is -2.11. The molecule has 0 unspecified atom stereocenters. The van der Waals surface area contributed by atoms with E-state index in [2.05, 4.69) is 9.59 Å². The molecular formula is C7H9N3O2S. The van der Waals surface area contributed by atoms with Crippen LogP contribution in [0.4, 0.5) is 0 Å². The van der Waals surface area contributed by atoms with Crippen LogP contribution in [0.1, 0.15) is 21.8 Å². The third-order valence-electron chi connectivity index (χ3n) is 1.82. The van der Waals surface area contributed by atoms with Crippen LogP contribution in [0.2, 0.25) is 0 Å². The molecule has 1 saturated heterocycles.